The molecule has 0 aliphatic carbocycles. The lowest BCUT2D eigenvalue weighted by molar-refractivity contribution is -0.135. The molecule has 3 aromatic rings. The van der Waals surface area contributed by atoms with E-state index in [0.29, 0.717) is 12.4 Å². The van der Waals surface area contributed by atoms with Gasteiger partial charge >= 0.3 is 0 Å². The first-order chi connectivity index (χ1) is 15.0. The maximum Gasteiger partial charge on any atom is 0.251 e. The average molecular weight is 415 g/mol. The molecule has 31 heavy (non-hydrogen) atoms. The number of hydrogen-bond donors (Lipinski definition) is 1. The minimum absolute atomic E-state index is 0.0736. The number of fused-ring (bicyclic) bond motifs is 1. The predicted molar refractivity (Wildman–Crippen MR) is 118 cm³/mol. The van der Waals surface area contributed by atoms with E-state index in [2.05, 4.69) is 36.6 Å². The van der Waals surface area contributed by atoms with Crippen LogP contribution in [0.1, 0.15) is 40.6 Å². The van der Waals surface area contributed by atoms with E-state index in [0.717, 1.165) is 29.0 Å². The zero-order chi connectivity index (χ0) is 21.5. The molecule has 1 aromatic heterocycles. The molecule has 0 spiro atoms. The number of benzene rings is 2. The summed E-state index contributed by atoms with van der Waals surface area (Å²) in [6.45, 7) is 6.42. The predicted octanol–water partition coefficient (Wildman–Crippen LogP) is 4.40. The van der Waals surface area contributed by atoms with Crippen LogP contribution in [0.3, 0.4) is 0 Å². The molecule has 1 amide bonds. The quantitative estimate of drug-likeness (QED) is 0.686. The molecule has 2 aliphatic rings. The number of nitrogens with zero attached hydrogens (tertiary/aromatic N) is 3. The summed E-state index contributed by atoms with van der Waals surface area (Å²) < 4.78 is 5.93. The topological polar surface area (TPSA) is 61.6 Å². The number of aromatic nitrogens is 1. The molecule has 1 N–H and O–H groups in total. The molecule has 6 nitrogen and oxygen atoms in total. The van der Waals surface area contributed by atoms with E-state index in [1.807, 2.05) is 55.5 Å². The summed E-state index contributed by atoms with van der Waals surface area (Å²) >= 11 is 0. The lowest BCUT2D eigenvalue weighted by Gasteiger charge is -2.31. The van der Waals surface area contributed by atoms with Crippen LogP contribution in [0.25, 0.3) is 11.5 Å². The average Bonchev–Trinajstić information content (AvgIpc) is 3.35. The van der Waals surface area contributed by atoms with Crippen molar-refractivity contribution in [2.75, 3.05) is 0 Å². The van der Waals surface area contributed by atoms with Gasteiger partial charge in [0.05, 0.1) is 12.6 Å². The third kappa shape index (κ3) is 3.64. The van der Waals surface area contributed by atoms with E-state index < -0.39 is 0 Å². The van der Waals surface area contributed by atoms with Crippen molar-refractivity contribution in [1.82, 2.24) is 20.3 Å². The van der Waals surface area contributed by atoms with Crippen molar-refractivity contribution in [2.45, 2.75) is 45.8 Å². The molecule has 1 saturated heterocycles. The normalized spacial score (nSPS) is 20.4. The van der Waals surface area contributed by atoms with Gasteiger partial charge in [-0.25, -0.2) is 10.4 Å². The summed E-state index contributed by atoms with van der Waals surface area (Å²) in [4.78, 5) is 19.7. The molecule has 0 radical (unpaired) electrons. The van der Waals surface area contributed by atoms with Gasteiger partial charge in [-0.15, -0.1) is 0 Å². The van der Waals surface area contributed by atoms with E-state index >= 15 is 0 Å². The Morgan fingerprint density at radius 1 is 1.06 bits per heavy atom. The number of oxazole rings is 1. The van der Waals surface area contributed by atoms with E-state index in [9.17, 15) is 4.79 Å². The fourth-order valence-corrected chi connectivity index (χ4v) is 4.25. The van der Waals surface area contributed by atoms with Crippen molar-refractivity contribution < 1.29 is 9.21 Å². The minimum Gasteiger partial charge on any atom is -0.441 e. The third-order valence-electron chi connectivity index (χ3n) is 6.14. The zero-order valence-electron chi connectivity index (χ0n) is 18.0. The summed E-state index contributed by atoms with van der Waals surface area (Å²) in [5.41, 5.74) is 8.75. The smallest absolute Gasteiger partial charge is 0.251 e. The lowest BCUT2D eigenvalue weighted by Crippen LogP contribution is -2.47. The molecule has 0 saturated carbocycles. The van der Waals surface area contributed by atoms with Crippen molar-refractivity contribution in [2.24, 2.45) is 0 Å². The highest BCUT2D eigenvalue weighted by atomic mass is 16.4. The van der Waals surface area contributed by atoms with Gasteiger partial charge in [-0.1, -0.05) is 48.0 Å². The van der Waals surface area contributed by atoms with Crippen LogP contribution in [0.5, 0.6) is 0 Å². The molecular weight excluding hydrogens is 388 g/mol. The molecule has 3 heterocycles. The Kier molecular flexibility index (Phi) is 4.87. The van der Waals surface area contributed by atoms with Gasteiger partial charge in [-0.3, -0.25) is 4.79 Å². The second-order valence-corrected chi connectivity index (χ2v) is 8.35. The number of rotatable bonds is 4. The minimum atomic E-state index is -0.223. The largest absolute Gasteiger partial charge is 0.441 e. The van der Waals surface area contributed by atoms with Crippen molar-refractivity contribution >= 4 is 5.91 Å². The maximum atomic E-state index is 13.2. The first-order valence-electron chi connectivity index (χ1n) is 10.6. The van der Waals surface area contributed by atoms with E-state index in [4.69, 9.17) is 9.40 Å². The Labute approximate surface area is 182 Å². The number of carbonyl (C=O) groups excluding carboxylic acids is 1. The number of hydrogen-bond acceptors (Lipinski definition) is 5. The van der Waals surface area contributed by atoms with E-state index in [1.54, 1.807) is 4.90 Å². The highest BCUT2D eigenvalue weighted by molar-refractivity contribution is 5.84. The van der Waals surface area contributed by atoms with Crippen molar-refractivity contribution in [1.29, 1.82) is 0 Å². The van der Waals surface area contributed by atoms with Gasteiger partial charge in [0.1, 0.15) is 17.5 Å². The summed E-state index contributed by atoms with van der Waals surface area (Å²) in [6.07, 6.45) is 4.50. The van der Waals surface area contributed by atoms with Crippen LogP contribution in [-0.2, 0) is 11.3 Å². The van der Waals surface area contributed by atoms with Crippen LogP contribution < -0.4 is 5.43 Å². The summed E-state index contributed by atoms with van der Waals surface area (Å²) in [5.74, 6) is 1.41. The van der Waals surface area contributed by atoms with Gasteiger partial charge in [0.25, 0.3) is 5.91 Å². The summed E-state index contributed by atoms with van der Waals surface area (Å²) in [5, 5.41) is 1.93. The Morgan fingerprint density at radius 2 is 1.84 bits per heavy atom. The maximum absolute atomic E-state index is 13.2. The van der Waals surface area contributed by atoms with Crippen LogP contribution in [0.2, 0.25) is 0 Å². The second-order valence-electron chi connectivity index (χ2n) is 8.35. The number of hydrazine groups is 1. The Morgan fingerprint density at radius 3 is 2.61 bits per heavy atom. The molecule has 2 atom stereocenters. The number of amides is 1. The Bertz CT molecular complexity index is 1150. The van der Waals surface area contributed by atoms with Gasteiger partial charge in [-0.2, -0.15) is 0 Å². The number of carbonyl (C=O) groups is 1. The van der Waals surface area contributed by atoms with Crippen molar-refractivity contribution in [3.05, 3.63) is 89.1 Å². The van der Waals surface area contributed by atoms with Gasteiger partial charge in [0.15, 0.2) is 0 Å². The number of nitrogens with one attached hydrogen (secondary N) is 1. The molecular formula is C25H26N4O2. The third-order valence-corrected chi connectivity index (χ3v) is 6.14. The van der Waals surface area contributed by atoms with Crippen LogP contribution in [0, 0.1) is 20.8 Å². The molecule has 5 rings (SSSR count). The van der Waals surface area contributed by atoms with Gasteiger partial charge in [0.2, 0.25) is 5.89 Å². The van der Waals surface area contributed by atoms with Crippen LogP contribution >= 0.6 is 0 Å². The molecule has 2 unspecified atom stereocenters. The molecule has 6 heteroatoms. The Balaban J connectivity index is 1.32. The van der Waals surface area contributed by atoms with Crippen LogP contribution in [0.4, 0.5) is 0 Å². The van der Waals surface area contributed by atoms with E-state index in [-0.39, 0.29) is 18.0 Å². The van der Waals surface area contributed by atoms with Gasteiger partial charge in [0, 0.05) is 18.0 Å². The second kappa shape index (κ2) is 7.71. The first kappa shape index (κ1) is 19.6. The number of aryl methyl sites for hydroxylation is 3. The fourth-order valence-electron chi connectivity index (χ4n) is 4.25. The first-order valence-corrected chi connectivity index (χ1v) is 10.6. The highest BCUT2D eigenvalue weighted by Crippen LogP contribution is 2.32. The molecule has 158 valence electrons. The fraction of sp³-hybridized carbons (Fsp3) is 0.280. The summed E-state index contributed by atoms with van der Waals surface area (Å²) in [7, 11) is 0. The lowest BCUT2D eigenvalue weighted by atomic mass is 10.00. The SMILES string of the molecule is Cc1ccc(C2CC3C(=O)N(Cc4nc(-c5ccccc5C)oc4C)C=CN3N2)cc1. The monoisotopic (exact) mass is 414 g/mol. The van der Waals surface area contributed by atoms with Gasteiger partial charge in [-0.05, 0) is 44.4 Å². The molecule has 2 aromatic carbocycles. The van der Waals surface area contributed by atoms with Crippen LogP contribution in [0.15, 0.2) is 65.3 Å². The van der Waals surface area contributed by atoms with E-state index in [1.165, 1.54) is 11.1 Å². The highest BCUT2D eigenvalue weighted by Gasteiger charge is 2.40. The Hall–Kier alpha value is -3.38. The molecule has 2 aliphatic heterocycles. The molecule has 0 bridgehead atoms. The zero-order valence-corrected chi connectivity index (χ0v) is 18.0. The van der Waals surface area contributed by atoms with Crippen molar-refractivity contribution in [3.63, 3.8) is 0 Å². The molecule has 1 fully saturated rings. The van der Waals surface area contributed by atoms with Gasteiger partial charge < -0.3 is 14.3 Å². The van der Waals surface area contributed by atoms with Crippen molar-refractivity contribution in [3.8, 4) is 11.5 Å². The summed E-state index contributed by atoms with van der Waals surface area (Å²) in [6, 6.07) is 16.4. The van der Waals surface area contributed by atoms with Crippen LogP contribution in [-0.4, -0.2) is 26.8 Å². The standard InChI is InChI=1S/C25H26N4O2/c1-16-8-10-19(11-9-16)21-14-23-25(30)28(12-13-29(23)27-21)15-22-18(3)31-24(26-22)20-7-5-4-6-17(20)2/h4-13,21,23,27H,14-15H2,1-3H3.